The fraction of sp³-hybridized carbons (Fsp3) is 0.947. The van der Waals surface area contributed by atoms with Gasteiger partial charge < -0.3 is 9.47 Å². The molecule has 0 aliphatic heterocycles. The predicted molar refractivity (Wildman–Crippen MR) is 192 cm³/mol. The van der Waals surface area contributed by atoms with E-state index in [4.69, 9.17) is 9.47 Å². The van der Waals surface area contributed by atoms with Crippen molar-refractivity contribution in [1.29, 1.82) is 0 Å². The molecule has 0 saturated heterocycles. The molecule has 274 valence electrons. The third kappa shape index (κ3) is 31.4. The zero-order chi connectivity index (χ0) is 34.0. The van der Waals surface area contributed by atoms with Gasteiger partial charge in [0.15, 0.2) is 5.25 Å². The molecule has 0 radical (unpaired) electrons. The van der Waals surface area contributed by atoms with Crippen LogP contribution in [0.5, 0.6) is 0 Å². The summed E-state index contributed by atoms with van der Waals surface area (Å²) in [5.41, 5.74) is 0. The molecule has 0 aromatic rings. The van der Waals surface area contributed by atoms with Gasteiger partial charge >= 0.3 is 11.9 Å². The Morgan fingerprint density at radius 1 is 0.457 bits per heavy atom. The highest BCUT2D eigenvalue weighted by molar-refractivity contribution is 7.87. The van der Waals surface area contributed by atoms with Gasteiger partial charge in [-0.2, -0.15) is 8.42 Å². The molecule has 0 rings (SSSR count). The van der Waals surface area contributed by atoms with Crippen LogP contribution in [0.2, 0.25) is 0 Å². The summed E-state index contributed by atoms with van der Waals surface area (Å²) >= 11 is 0. The second-order valence-corrected chi connectivity index (χ2v) is 15.1. The smallest absolute Gasteiger partial charge is 0.327 e. The molecule has 7 nitrogen and oxygen atoms in total. The van der Waals surface area contributed by atoms with Gasteiger partial charge in [0.2, 0.25) is 0 Å². The lowest BCUT2D eigenvalue weighted by Gasteiger charge is -2.13. The zero-order valence-corrected chi connectivity index (χ0v) is 31.0. The first-order valence-electron chi connectivity index (χ1n) is 19.6. The molecule has 0 saturated carbocycles. The minimum Gasteiger partial charge on any atom is -0.466 e. The van der Waals surface area contributed by atoms with Crippen molar-refractivity contribution in [2.45, 2.75) is 218 Å². The Labute approximate surface area is 284 Å². The Balaban J connectivity index is 3.74. The lowest BCUT2D eigenvalue weighted by atomic mass is 10.0. The van der Waals surface area contributed by atoms with Gasteiger partial charge in [0.1, 0.15) is 0 Å². The number of carbonyl (C=O) groups is 2. The van der Waals surface area contributed by atoms with Gasteiger partial charge in [-0.3, -0.25) is 14.1 Å². The van der Waals surface area contributed by atoms with E-state index in [1.807, 2.05) is 0 Å². The van der Waals surface area contributed by atoms with Gasteiger partial charge in [-0.15, -0.1) is 0 Å². The Bertz CT molecular complexity index is 784. The molecule has 0 aliphatic carbocycles. The predicted octanol–water partition coefficient (Wildman–Crippen LogP) is 11.5. The molecular formula is C38H74O7S. The van der Waals surface area contributed by atoms with E-state index in [1.54, 1.807) is 0 Å². The molecular weight excluding hydrogens is 600 g/mol. The van der Waals surface area contributed by atoms with E-state index in [9.17, 15) is 22.6 Å². The molecule has 0 aliphatic rings. The highest BCUT2D eigenvalue weighted by Crippen LogP contribution is 2.16. The van der Waals surface area contributed by atoms with Gasteiger partial charge in [-0.05, 0) is 12.8 Å². The molecule has 1 unspecified atom stereocenters. The molecule has 8 heteroatoms. The van der Waals surface area contributed by atoms with Crippen LogP contribution in [0.1, 0.15) is 213 Å². The second-order valence-electron chi connectivity index (χ2n) is 13.5. The molecule has 0 aromatic carbocycles. The van der Waals surface area contributed by atoms with E-state index in [0.29, 0.717) is 12.8 Å². The highest BCUT2D eigenvalue weighted by Gasteiger charge is 2.35. The van der Waals surface area contributed by atoms with Gasteiger partial charge in [0, 0.05) is 0 Å². The van der Waals surface area contributed by atoms with Crippen LogP contribution in [0.3, 0.4) is 0 Å². The highest BCUT2D eigenvalue weighted by atomic mass is 32.2. The lowest BCUT2D eigenvalue weighted by molar-refractivity contribution is -0.150. The standard InChI is InChI=1S/C38H74O7S/c1-3-5-7-9-11-13-15-17-19-20-22-23-25-27-29-31-33-44-37(39)35-36(46(41,42)43)38(40)45-34-32-30-28-26-24-21-18-16-14-12-10-8-6-4-2/h36H,3-35H2,1-2H3,(H,41,42,43). The minimum atomic E-state index is -4.77. The molecule has 0 fully saturated rings. The maximum atomic E-state index is 12.3. The van der Waals surface area contributed by atoms with Crippen molar-refractivity contribution in [2.24, 2.45) is 0 Å². The van der Waals surface area contributed by atoms with Crippen molar-refractivity contribution in [3.63, 3.8) is 0 Å². The third-order valence-electron chi connectivity index (χ3n) is 8.98. The zero-order valence-electron chi connectivity index (χ0n) is 30.2. The molecule has 0 spiro atoms. The Hall–Kier alpha value is -1.15. The number of ether oxygens (including phenoxy) is 2. The summed E-state index contributed by atoms with van der Waals surface area (Å²) in [6.45, 7) is 4.77. The molecule has 1 atom stereocenters. The first-order valence-corrected chi connectivity index (χ1v) is 21.1. The summed E-state index contributed by atoms with van der Waals surface area (Å²) in [6.07, 6.45) is 36.2. The largest absolute Gasteiger partial charge is 0.466 e. The van der Waals surface area contributed by atoms with Gasteiger partial charge in [-0.1, -0.05) is 194 Å². The van der Waals surface area contributed by atoms with Crippen LogP contribution in [0.15, 0.2) is 0 Å². The summed E-state index contributed by atoms with van der Waals surface area (Å²) < 4.78 is 43.2. The number of unbranched alkanes of at least 4 members (excludes halogenated alkanes) is 28. The van der Waals surface area contributed by atoms with Crippen LogP contribution in [-0.2, 0) is 29.2 Å². The Morgan fingerprint density at radius 3 is 1.00 bits per heavy atom. The third-order valence-corrected chi connectivity index (χ3v) is 10.1. The quantitative estimate of drug-likeness (QED) is 0.0400. The van der Waals surface area contributed by atoms with Crippen LogP contribution < -0.4 is 0 Å². The average molecular weight is 675 g/mol. The minimum absolute atomic E-state index is 0.0805. The van der Waals surface area contributed by atoms with Crippen molar-refractivity contribution in [3.05, 3.63) is 0 Å². The van der Waals surface area contributed by atoms with E-state index < -0.39 is 33.7 Å². The van der Waals surface area contributed by atoms with Crippen LogP contribution >= 0.6 is 0 Å². The molecule has 0 aromatic heterocycles. The summed E-state index contributed by atoms with van der Waals surface area (Å²) in [5, 5.41) is -1.93. The molecule has 0 amide bonds. The summed E-state index contributed by atoms with van der Waals surface area (Å²) in [5.74, 6) is -1.89. The maximum Gasteiger partial charge on any atom is 0.327 e. The van der Waals surface area contributed by atoms with Crippen LogP contribution in [0, 0.1) is 0 Å². The first-order chi connectivity index (χ1) is 22.3. The number of rotatable bonds is 36. The Kier molecular flexibility index (Phi) is 32.9. The lowest BCUT2D eigenvalue weighted by Crippen LogP contribution is -2.34. The fourth-order valence-corrected chi connectivity index (χ4v) is 6.58. The van der Waals surface area contributed by atoms with Crippen LogP contribution in [0.4, 0.5) is 0 Å². The second kappa shape index (κ2) is 33.7. The summed E-state index contributed by atoms with van der Waals surface area (Å²) in [6, 6.07) is 0. The van der Waals surface area contributed by atoms with Crippen LogP contribution in [-0.4, -0.2) is 43.4 Å². The van der Waals surface area contributed by atoms with E-state index in [1.165, 1.54) is 148 Å². The van der Waals surface area contributed by atoms with E-state index >= 15 is 0 Å². The number of esters is 2. The number of hydrogen-bond acceptors (Lipinski definition) is 6. The average Bonchev–Trinajstić information content (AvgIpc) is 3.02. The molecule has 0 bridgehead atoms. The van der Waals surface area contributed by atoms with Crippen LogP contribution in [0.25, 0.3) is 0 Å². The normalized spacial score (nSPS) is 12.3. The first kappa shape index (κ1) is 44.9. The number of hydrogen-bond donors (Lipinski definition) is 1. The maximum absolute atomic E-state index is 12.3. The van der Waals surface area contributed by atoms with Crippen molar-refractivity contribution >= 4 is 22.1 Å². The van der Waals surface area contributed by atoms with E-state index in [2.05, 4.69) is 13.8 Å². The van der Waals surface area contributed by atoms with Crippen molar-refractivity contribution < 1.29 is 32.0 Å². The SMILES string of the molecule is CCCCCCCCCCCCCCCCCCOC(=O)CC(C(=O)OCCCCCCCCCCCCCCCC)S(=O)(=O)O. The van der Waals surface area contributed by atoms with Crippen molar-refractivity contribution in [3.8, 4) is 0 Å². The summed E-state index contributed by atoms with van der Waals surface area (Å²) in [4.78, 5) is 24.5. The van der Waals surface area contributed by atoms with Crippen molar-refractivity contribution in [2.75, 3.05) is 13.2 Å². The van der Waals surface area contributed by atoms with Gasteiger partial charge in [0.05, 0.1) is 19.6 Å². The summed E-state index contributed by atoms with van der Waals surface area (Å²) in [7, 11) is -4.77. The molecule has 1 N–H and O–H groups in total. The Morgan fingerprint density at radius 2 is 0.717 bits per heavy atom. The number of carbonyl (C=O) groups excluding carboxylic acids is 2. The fourth-order valence-electron chi connectivity index (χ4n) is 5.92. The van der Waals surface area contributed by atoms with Gasteiger partial charge in [0.25, 0.3) is 10.1 Å². The van der Waals surface area contributed by atoms with E-state index in [-0.39, 0.29) is 13.2 Å². The van der Waals surface area contributed by atoms with Gasteiger partial charge in [-0.25, -0.2) is 0 Å². The molecule has 46 heavy (non-hydrogen) atoms. The van der Waals surface area contributed by atoms with Crippen molar-refractivity contribution in [1.82, 2.24) is 0 Å². The molecule has 0 heterocycles. The monoisotopic (exact) mass is 675 g/mol. The van der Waals surface area contributed by atoms with E-state index in [0.717, 1.165) is 32.1 Å². The topological polar surface area (TPSA) is 107 Å².